The summed E-state index contributed by atoms with van der Waals surface area (Å²) in [7, 11) is 1.81. The Labute approximate surface area is 125 Å². The third-order valence-electron chi connectivity index (χ3n) is 2.55. The lowest BCUT2D eigenvalue weighted by molar-refractivity contribution is 0.456. The number of hydrogen-bond acceptors (Lipinski definition) is 4. The highest BCUT2D eigenvalue weighted by molar-refractivity contribution is 9.10. The molecule has 0 fully saturated rings. The minimum atomic E-state index is 0.497. The predicted octanol–water partition coefficient (Wildman–Crippen LogP) is 4.34. The average molecular weight is 343 g/mol. The number of anilines is 1. The molecule has 4 nitrogen and oxygen atoms in total. The van der Waals surface area contributed by atoms with Gasteiger partial charge in [0.2, 0.25) is 5.88 Å². The maximum absolute atomic E-state index is 6.11. The van der Waals surface area contributed by atoms with Gasteiger partial charge in [-0.2, -0.15) is 4.98 Å². The van der Waals surface area contributed by atoms with E-state index in [0.717, 1.165) is 15.9 Å². The molecule has 19 heavy (non-hydrogen) atoms. The molecule has 0 saturated carbocycles. The average Bonchev–Trinajstić information content (AvgIpc) is 2.37. The molecule has 0 aliphatic heterocycles. The molecule has 1 heterocycles. The van der Waals surface area contributed by atoms with Crippen molar-refractivity contribution in [3.05, 3.63) is 39.1 Å². The Balaban J connectivity index is 2.43. The summed E-state index contributed by atoms with van der Waals surface area (Å²) in [6.07, 6.45) is 0. The zero-order valence-electron chi connectivity index (χ0n) is 10.8. The van der Waals surface area contributed by atoms with Crippen LogP contribution < -0.4 is 10.1 Å². The summed E-state index contributed by atoms with van der Waals surface area (Å²) < 4.78 is 6.68. The quantitative estimate of drug-likeness (QED) is 0.901. The number of ether oxygens (including phenoxy) is 1. The number of nitrogens with zero attached hydrogens (tertiary/aromatic N) is 2. The van der Waals surface area contributed by atoms with Gasteiger partial charge in [0, 0.05) is 11.5 Å². The fraction of sp³-hybridized carbons (Fsp3) is 0.231. The molecule has 0 aliphatic rings. The van der Waals surface area contributed by atoms with Crippen LogP contribution >= 0.6 is 27.5 Å². The first-order valence-electron chi connectivity index (χ1n) is 5.67. The first-order chi connectivity index (χ1) is 9.01. The number of rotatable bonds is 3. The number of benzene rings is 1. The number of hydrogen-bond donors (Lipinski definition) is 1. The minimum Gasteiger partial charge on any atom is -0.437 e. The van der Waals surface area contributed by atoms with Crippen molar-refractivity contribution >= 4 is 33.3 Å². The van der Waals surface area contributed by atoms with Gasteiger partial charge in [0.15, 0.2) is 0 Å². The molecule has 2 rings (SSSR count). The van der Waals surface area contributed by atoms with E-state index in [1.165, 1.54) is 0 Å². The molecular formula is C13H13BrClN3O. The molecule has 0 saturated heterocycles. The Kier molecular flexibility index (Phi) is 4.27. The van der Waals surface area contributed by atoms with Crippen molar-refractivity contribution in [3.8, 4) is 11.6 Å². The monoisotopic (exact) mass is 341 g/mol. The molecule has 100 valence electrons. The number of aryl methyl sites for hydroxylation is 1. The van der Waals surface area contributed by atoms with Crippen LogP contribution in [0.15, 0.2) is 22.7 Å². The van der Waals surface area contributed by atoms with E-state index in [2.05, 4.69) is 31.2 Å². The number of nitrogens with one attached hydrogen (secondary N) is 1. The van der Waals surface area contributed by atoms with E-state index in [4.69, 9.17) is 16.3 Å². The molecule has 0 radical (unpaired) electrons. The molecule has 0 amide bonds. The maximum Gasteiger partial charge on any atom is 0.227 e. The minimum absolute atomic E-state index is 0.497. The van der Waals surface area contributed by atoms with Crippen LogP contribution in [0.1, 0.15) is 11.4 Å². The Hall–Kier alpha value is -1.33. The van der Waals surface area contributed by atoms with Gasteiger partial charge in [0.1, 0.15) is 17.4 Å². The fourth-order valence-electron chi connectivity index (χ4n) is 1.61. The highest BCUT2D eigenvalue weighted by atomic mass is 79.9. The van der Waals surface area contributed by atoms with Crippen LogP contribution in [0.25, 0.3) is 0 Å². The van der Waals surface area contributed by atoms with E-state index >= 15 is 0 Å². The first kappa shape index (κ1) is 14.1. The summed E-state index contributed by atoms with van der Waals surface area (Å²) in [6, 6.07) is 5.42. The van der Waals surface area contributed by atoms with Crippen LogP contribution in [0.4, 0.5) is 5.82 Å². The Morgan fingerprint density at radius 1 is 1.26 bits per heavy atom. The van der Waals surface area contributed by atoms with Crippen LogP contribution in [-0.4, -0.2) is 17.0 Å². The molecule has 0 aliphatic carbocycles. The Morgan fingerprint density at radius 3 is 2.68 bits per heavy atom. The Morgan fingerprint density at radius 2 is 2.00 bits per heavy atom. The van der Waals surface area contributed by atoms with Crippen LogP contribution in [0, 0.1) is 13.8 Å². The zero-order valence-corrected chi connectivity index (χ0v) is 13.1. The van der Waals surface area contributed by atoms with Gasteiger partial charge >= 0.3 is 0 Å². The van der Waals surface area contributed by atoms with E-state index < -0.39 is 0 Å². The summed E-state index contributed by atoms with van der Waals surface area (Å²) in [6.45, 7) is 3.71. The van der Waals surface area contributed by atoms with Crippen molar-refractivity contribution in [1.82, 2.24) is 9.97 Å². The van der Waals surface area contributed by atoms with E-state index in [0.29, 0.717) is 22.5 Å². The van der Waals surface area contributed by atoms with Gasteiger partial charge in [-0.15, -0.1) is 0 Å². The van der Waals surface area contributed by atoms with Crippen LogP contribution in [0.2, 0.25) is 5.02 Å². The number of aromatic nitrogens is 2. The predicted molar refractivity (Wildman–Crippen MR) is 80.3 cm³/mol. The van der Waals surface area contributed by atoms with Gasteiger partial charge in [-0.05, 0) is 32.0 Å². The molecular weight excluding hydrogens is 330 g/mol. The standard InChI is InChI=1S/C13H13BrClN3O/c1-7-12(16-3)17-8(2)18-13(7)19-11-6-9(14)4-5-10(11)15/h4-6H,1-3H3,(H,16,17,18). The number of halogens is 2. The third kappa shape index (κ3) is 3.16. The first-order valence-corrected chi connectivity index (χ1v) is 6.84. The molecule has 0 bridgehead atoms. The van der Waals surface area contributed by atoms with Gasteiger partial charge in [0.05, 0.1) is 10.6 Å². The molecule has 0 atom stereocenters. The summed E-state index contributed by atoms with van der Waals surface area (Å²) >= 11 is 9.49. The molecule has 0 unspecified atom stereocenters. The van der Waals surface area contributed by atoms with E-state index in [1.54, 1.807) is 12.1 Å². The molecule has 1 aromatic heterocycles. The van der Waals surface area contributed by atoms with Gasteiger partial charge in [0.25, 0.3) is 0 Å². The van der Waals surface area contributed by atoms with Crippen molar-refractivity contribution in [3.63, 3.8) is 0 Å². The van der Waals surface area contributed by atoms with Gasteiger partial charge in [-0.3, -0.25) is 0 Å². The Bertz CT molecular complexity index is 619. The fourth-order valence-corrected chi connectivity index (χ4v) is 2.10. The van der Waals surface area contributed by atoms with E-state index in [1.807, 2.05) is 27.0 Å². The highest BCUT2D eigenvalue weighted by Crippen LogP contribution is 2.33. The van der Waals surface area contributed by atoms with E-state index in [9.17, 15) is 0 Å². The van der Waals surface area contributed by atoms with Crippen molar-refractivity contribution in [1.29, 1.82) is 0 Å². The summed E-state index contributed by atoms with van der Waals surface area (Å²) in [5.41, 5.74) is 0.837. The van der Waals surface area contributed by atoms with Crippen molar-refractivity contribution in [2.24, 2.45) is 0 Å². The van der Waals surface area contributed by atoms with Crippen LogP contribution in [0.3, 0.4) is 0 Å². The van der Waals surface area contributed by atoms with Gasteiger partial charge in [-0.1, -0.05) is 27.5 Å². The summed E-state index contributed by atoms with van der Waals surface area (Å²) in [5, 5.41) is 3.55. The molecule has 1 N–H and O–H groups in total. The van der Waals surface area contributed by atoms with Gasteiger partial charge in [-0.25, -0.2) is 4.98 Å². The van der Waals surface area contributed by atoms with Crippen molar-refractivity contribution in [2.45, 2.75) is 13.8 Å². The molecule has 6 heteroatoms. The lowest BCUT2D eigenvalue weighted by Gasteiger charge is -2.12. The third-order valence-corrected chi connectivity index (χ3v) is 3.36. The highest BCUT2D eigenvalue weighted by Gasteiger charge is 2.12. The second-order valence-corrected chi connectivity index (χ2v) is 5.30. The second kappa shape index (κ2) is 5.75. The SMILES string of the molecule is CNc1nc(C)nc(Oc2cc(Br)ccc2Cl)c1C. The molecule has 0 spiro atoms. The maximum atomic E-state index is 6.11. The van der Waals surface area contributed by atoms with Crippen LogP contribution in [0.5, 0.6) is 11.6 Å². The second-order valence-electron chi connectivity index (χ2n) is 3.98. The largest absolute Gasteiger partial charge is 0.437 e. The van der Waals surface area contributed by atoms with Crippen LogP contribution in [-0.2, 0) is 0 Å². The smallest absolute Gasteiger partial charge is 0.227 e. The lowest BCUT2D eigenvalue weighted by Crippen LogP contribution is -2.03. The summed E-state index contributed by atoms with van der Waals surface area (Å²) in [5.74, 6) is 2.43. The topological polar surface area (TPSA) is 47.0 Å². The van der Waals surface area contributed by atoms with Crippen molar-refractivity contribution in [2.75, 3.05) is 12.4 Å². The normalized spacial score (nSPS) is 10.4. The molecule has 1 aromatic carbocycles. The van der Waals surface area contributed by atoms with E-state index in [-0.39, 0.29) is 0 Å². The summed E-state index contributed by atoms with van der Waals surface area (Å²) in [4.78, 5) is 8.59. The van der Waals surface area contributed by atoms with Crippen molar-refractivity contribution < 1.29 is 4.74 Å². The zero-order chi connectivity index (χ0) is 14.0. The van der Waals surface area contributed by atoms with Gasteiger partial charge < -0.3 is 10.1 Å². The lowest BCUT2D eigenvalue weighted by atomic mass is 10.3. The molecule has 2 aromatic rings.